The van der Waals surface area contributed by atoms with E-state index in [2.05, 4.69) is 5.32 Å². The van der Waals surface area contributed by atoms with E-state index in [9.17, 15) is 9.59 Å². The Morgan fingerprint density at radius 3 is 1.87 bits per heavy atom. The molecule has 0 atom stereocenters. The van der Waals surface area contributed by atoms with E-state index in [1.165, 1.54) is 0 Å². The van der Waals surface area contributed by atoms with Crippen molar-refractivity contribution >= 4 is 17.5 Å². The topological polar surface area (TPSA) is 58.6 Å². The van der Waals surface area contributed by atoms with E-state index in [1.54, 1.807) is 36.3 Å². The molecule has 0 radical (unpaired) electrons. The summed E-state index contributed by atoms with van der Waals surface area (Å²) >= 11 is 0. The minimum absolute atomic E-state index is 0.0163. The van der Waals surface area contributed by atoms with Gasteiger partial charge in [-0.25, -0.2) is 0 Å². The summed E-state index contributed by atoms with van der Waals surface area (Å²) < 4.78 is 5.13. The van der Waals surface area contributed by atoms with Gasteiger partial charge in [-0.2, -0.15) is 0 Å². The summed E-state index contributed by atoms with van der Waals surface area (Å²) in [7, 11) is 1.59. The van der Waals surface area contributed by atoms with Gasteiger partial charge in [-0.15, -0.1) is 0 Å². The third-order valence-corrected chi connectivity index (χ3v) is 4.91. The SMILES string of the molecule is CCN(CC(=O)Nc1ccc(OC)cc1)C(=O)C(c1ccccc1)c1ccccc1. The average molecular weight is 402 g/mol. The summed E-state index contributed by atoms with van der Waals surface area (Å²) in [6, 6.07) is 26.4. The van der Waals surface area contributed by atoms with Crippen LogP contribution in [0.4, 0.5) is 5.69 Å². The maximum absolute atomic E-state index is 13.5. The second-order valence-electron chi connectivity index (χ2n) is 6.88. The second-order valence-corrected chi connectivity index (χ2v) is 6.88. The molecule has 0 unspecified atom stereocenters. The summed E-state index contributed by atoms with van der Waals surface area (Å²) in [5.74, 6) is -0.0805. The first-order chi connectivity index (χ1) is 14.6. The lowest BCUT2D eigenvalue weighted by Gasteiger charge is -2.26. The van der Waals surface area contributed by atoms with E-state index in [0.29, 0.717) is 18.0 Å². The fraction of sp³-hybridized carbons (Fsp3) is 0.200. The number of methoxy groups -OCH3 is 1. The number of likely N-dealkylation sites (N-methyl/N-ethyl adjacent to an activating group) is 1. The second kappa shape index (κ2) is 10.3. The molecular formula is C25H26N2O3. The molecule has 5 nitrogen and oxygen atoms in total. The summed E-state index contributed by atoms with van der Waals surface area (Å²) in [4.78, 5) is 27.7. The van der Waals surface area contributed by atoms with Gasteiger partial charge in [0, 0.05) is 12.2 Å². The van der Waals surface area contributed by atoms with Crippen molar-refractivity contribution in [3.05, 3.63) is 96.1 Å². The molecule has 2 amide bonds. The predicted octanol–water partition coefficient (Wildman–Crippen LogP) is 4.31. The molecule has 3 aromatic carbocycles. The first-order valence-electron chi connectivity index (χ1n) is 9.95. The van der Waals surface area contributed by atoms with Gasteiger partial charge < -0.3 is 15.0 Å². The van der Waals surface area contributed by atoms with Crippen LogP contribution in [0.5, 0.6) is 5.75 Å². The molecule has 0 aliphatic heterocycles. The predicted molar refractivity (Wildman–Crippen MR) is 119 cm³/mol. The first-order valence-corrected chi connectivity index (χ1v) is 9.95. The molecule has 0 aliphatic rings. The van der Waals surface area contributed by atoms with E-state index in [-0.39, 0.29) is 18.4 Å². The summed E-state index contributed by atoms with van der Waals surface area (Å²) in [5, 5.41) is 2.84. The van der Waals surface area contributed by atoms with Gasteiger partial charge in [-0.3, -0.25) is 9.59 Å². The summed E-state index contributed by atoms with van der Waals surface area (Å²) in [6.45, 7) is 2.30. The Balaban J connectivity index is 1.77. The summed E-state index contributed by atoms with van der Waals surface area (Å²) in [5.41, 5.74) is 2.47. The molecule has 0 aromatic heterocycles. The van der Waals surface area contributed by atoms with Crippen molar-refractivity contribution < 1.29 is 14.3 Å². The third-order valence-electron chi connectivity index (χ3n) is 4.91. The number of benzene rings is 3. The molecule has 0 saturated carbocycles. The molecule has 0 fully saturated rings. The normalized spacial score (nSPS) is 10.5. The van der Waals surface area contributed by atoms with Crippen molar-refractivity contribution in [1.29, 1.82) is 0 Å². The lowest BCUT2D eigenvalue weighted by molar-refractivity contribution is -0.135. The van der Waals surface area contributed by atoms with Crippen molar-refractivity contribution in [3.8, 4) is 5.75 Å². The standard InChI is InChI=1S/C25H26N2O3/c1-3-27(18-23(28)26-21-14-16-22(30-2)17-15-21)25(29)24(19-10-6-4-7-11-19)20-12-8-5-9-13-20/h4-17,24H,3,18H2,1-2H3,(H,26,28). The molecule has 5 heteroatoms. The van der Waals surface area contributed by atoms with Crippen LogP contribution < -0.4 is 10.1 Å². The van der Waals surface area contributed by atoms with Gasteiger partial charge in [0.2, 0.25) is 11.8 Å². The molecule has 0 heterocycles. The Kier molecular flexibility index (Phi) is 7.22. The first kappa shape index (κ1) is 21.1. The van der Waals surface area contributed by atoms with Crippen LogP contribution >= 0.6 is 0 Å². The Morgan fingerprint density at radius 1 is 0.867 bits per heavy atom. The molecule has 0 aliphatic carbocycles. The van der Waals surface area contributed by atoms with Crippen LogP contribution in [0.2, 0.25) is 0 Å². The van der Waals surface area contributed by atoms with Gasteiger partial charge in [-0.1, -0.05) is 60.7 Å². The maximum Gasteiger partial charge on any atom is 0.243 e. The van der Waals surface area contributed by atoms with Crippen molar-refractivity contribution in [2.24, 2.45) is 0 Å². The van der Waals surface area contributed by atoms with Crippen molar-refractivity contribution in [2.45, 2.75) is 12.8 Å². The smallest absolute Gasteiger partial charge is 0.243 e. The van der Waals surface area contributed by atoms with Crippen LogP contribution in [0, 0.1) is 0 Å². The fourth-order valence-electron chi connectivity index (χ4n) is 3.34. The van der Waals surface area contributed by atoms with E-state index < -0.39 is 5.92 Å². The summed E-state index contributed by atoms with van der Waals surface area (Å²) in [6.07, 6.45) is 0. The number of carbonyl (C=O) groups excluding carboxylic acids is 2. The average Bonchev–Trinajstić information content (AvgIpc) is 2.79. The number of ether oxygens (including phenoxy) is 1. The van der Waals surface area contributed by atoms with Gasteiger partial charge in [0.1, 0.15) is 5.75 Å². The lowest BCUT2D eigenvalue weighted by Crippen LogP contribution is -2.40. The number of rotatable bonds is 8. The van der Waals surface area contributed by atoms with E-state index in [1.807, 2.05) is 67.6 Å². The minimum atomic E-state index is -0.457. The van der Waals surface area contributed by atoms with E-state index in [0.717, 1.165) is 11.1 Å². The minimum Gasteiger partial charge on any atom is -0.497 e. The van der Waals surface area contributed by atoms with Crippen molar-refractivity contribution in [2.75, 3.05) is 25.5 Å². The molecule has 1 N–H and O–H groups in total. The van der Waals surface area contributed by atoms with Gasteiger partial charge in [0.05, 0.1) is 19.6 Å². The molecule has 30 heavy (non-hydrogen) atoms. The van der Waals surface area contributed by atoms with E-state index >= 15 is 0 Å². The molecule has 3 aromatic rings. The number of nitrogens with one attached hydrogen (secondary N) is 1. The zero-order valence-electron chi connectivity index (χ0n) is 17.2. The monoisotopic (exact) mass is 402 g/mol. The molecule has 0 bridgehead atoms. The zero-order valence-corrected chi connectivity index (χ0v) is 17.2. The van der Waals surface area contributed by atoms with Crippen LogP contribution in [0.1, 0.15) is 24.0 Å². The molecule has 0 spiro atoms. The number of anilines is 1. The zero-order chi connectivity index (χ0) is 21.3. The van der Waals surface area contributed by atoms with Crippen LogP contribution in [0.3, 0.4) is 0 Å². The Bertz CT molecular complexity index is 917. The molecule has 154 valence electrons. The third kappa shape index (κ3) is 5.26. The molecule has 3 rings (SSSR count). The van der Waals surface area contributed by atoms with Crippen LogP contribution in [0.25, 0.3) is 0 Å². The highest BCUT2D eigenvalue weighted by Gasteiger charge is 2.27. The van der Waals surface area contributed by atoms with Gasteiger partial charge in [-0.05, 0) is 42.3 Å². The Morgan fingerprint density at radius 2 is 1.40 bits per heavy atom. The number of hydrogen-bond acceptors (Lipinski definition) is 3. The lowest BCUT2D eigenvalue weighted by atomic mass is 9.90. The highest BCUT2D eigenvalue weighted by Crippen LogP contribution is 2.27. The number of amides is 2. The largest absolute Gasteiger partial charge is 0.497 e. The van der Waals surface area contributed by atoms with Crippen molar-refractivity contribution in [3.63, 3.8) is 0 Å². The van der Waals surface area contributed by atoms with E-state index in [4.69, 9.17) is 4.74 Å². The van der Waals surface area contributed by atoms with Crippen LogP contribution in [0.15, 0.2) is 84.9 Å². The molecule has 0 saturated heterocycles. The quantitative estimate of drug-likeness (QED) is 0.611. The number of carbonyl (C=O) groups is 2. The highest BCUT2D eigenvalue weighted by molar-refractivity contribution is 5.96. The number of hydrogen-bond donors (Lipinski definition) is 1. The highest BCUT2D eigenvalue weighted by atomic mass is 16.5. The van der Waals surface area contributed by atoms with Gasteiger partial charge in [0.15, 0.2) is 0 Å². The van der Waals surface area contributed by atoms with Crippen molar-refractivity contribution in [1.82, 2.24) is 4.90 Å². The van der Waals surface area contributed by atoms with Gasteiger partial charge >= 0.3 is 0 Å². The van der Waals surface area contributed by atoms with Crippen LogP contribution in [-0.4, -0.2) is 36.9 Å². The van der Waals surface area contributed by atoms with Crippen LogP contribution in [-0.2, 0) is 9.59 Å². The fourth-order valence-corrected chi connectivity index (χ4v) is 3.34. The Labute approximate surface area is 177 Å². The molecular weight excluding hydrogens is 376 g/mol. The Hall–Kier alpha value is -3.60. The maximum atomic E-state index is 13.5. The number of nitrogens with zero attached hydrogens (tertiary/aromatic N) is 1. The van der Waals surface area contributed by atoms with Gasteiger partial charge in [0.25, 0.3) is 0 Å².